The van der Waals surface area contributed by atoms with Gasteiger partial charge in [-0.1, -0.05) is 0 Å². The van der Waals surface area contributed by atoms with Crippen LogP contribution in [0, 0.1) is 12.8 Å². The van der Waals surface area contributed by atoms with Gasteiger partial charge in [-0.25, -0.2) is 0 Å². The van der Waals surface area contributed by atoms with Gasteiger partial charge in [-0.05, 0) is 25.8 Å². The lowest BCUT2D eigenvalue weighted by molar-refractivity contribution is 0.00806. The van der Waals surface area contributed by atoms with E-state index in [0.29, 0.717) is 23.3 Å². The van der Waals surface area contributed by atoms with Crippen molar-refractivity contribution in [1.82, 2.24) is 10.3 Å². The summed E-state index contributed by atoms with van der Waals surface area (Å²) in [5, 5.41) is 3.08. The number of methoxy groups -OCH3 is 1. The summed E-state index contributed by atoms with van der Waals surface area (Å²) in [6, 6.07) is 1.99. The molecule has 2 fully saturated rings. The molecule has 1 aromatic heterocycles. The number of hydrogen-bond acceptors (Lipinski definition) is 4. The third-order valence-electron chi connectivity index (χ3n) is 4.05. The van der Waals surface area contributed by atoms with Gasteiger partial charge in [0, 0.05) is 24.3 Å². The largest absolute Gasteiger partial charge is 0.494 e. The molecule has 2 aliphatic rings. The zero-order valence-electron chi connectivity index (χ0n) is 11.2. The van der Waals surface area contributed by atoms with Gasteiger partial charge in [0.1, 0.15) is 5.75 Å². The number of amides is 1. The predicted molar refractivity (Wildman–Crippen MR) is 69.2 cm³/mol. The molecule has 1 aliphatic heterocycles. The van der Waals surface area contributed by atoms with Crippen LogP contribution in [0.3, 0.4) is 0 Å². The van der Waals surface area contributed by atoms with Gasteiger partial charge < -0.3 is 14.8 Å². The van der Waals surface area contributed by atoms with E-state index in [1.807, 2.05) is 6.92 Å². The molecule has 0 aromatic carbocycles. The lowest BCUT2D eigenvalue weighted by Gasteiger charge is -2.39. The lowest BCUT2D eigenvalue weighted by Crippen LogP contribution is -2.53. The van der Waals surface area contributed by atoms with Crippen molar-refractivity contribution in [3.63, 3.8) is 0 Å². The standard InChI is InChI=1S/C14H18N2O3/c1-8-5-10(13(18-2)7-15-8)14(17)16-11-6-12-9(11)3-4-19-12/h5,7,9,11-12H,3-4,6H2,1-2H3,(H,16,17)/t9-,11+,12+/m0/s1. The number of nitrogens with zero attached hydrogens (tertiary/aromatic N) is 1. The minimum Gasteiger partial charge on any atom is -0.494 e. The van der Waals surface area contributed by atoms with E-state index in [4.69, 9.17) is 9.47 Å². The molecule has 2 heterocycles. The summed E-state index contributed by atoms with van der Waals surface area (Å²) < 4.78 is 10.7. The summed E-state index contributed by atoms with van der Waals surface area (Å²) in [5.41, 5.74) is 1.36. The van der Waals surface area contributed by atoms with Crippen LogP contribution in [-0.4, -0.2) is 36.8 Å². The molecule has 19 heavy (non-hydrogen) atoms. The highest BCUT2D eigenvalue weighted by molar-refractivity contribution is 5.97. The van der Waals surface area contributed by atoms with E-state index in [2.05, 4.69) is 10.3 Å². The molecule has 1 saturated carbocycles. The molecule has 3 rings (SSSR count). The molecular formula is C14H18N2O3. The maximum absolute atomic E-state index is 12.3. The fraction of sp³-hybridized carbons (Fsp3) is 0.571. The fourth-order valence-corrected chi connectivity index (χ4v) is 2.90. The van der Waals surface area contributed by atoms with Crippen molar-refractivity contribution in [2.24, 2.45) is 5.92 Å². The molecule has 0 unspecified atom stereocenters. The predicted octanol–water partition coefficient (Wildman–Crippen LogP) is 1.31. The summed E-state index contributed by atoms with van der Waals surface area (Å²) in [7, 11) is 1.55. The van der Waals surface area contributed by atoms with Gasteiger partial charge in [0.05, 0.1) is 25.0 Å². The molecular weight excluding hydrogens is 244 g/mol. The number of aromatic nitrogens is 1. The highest BCUT2D eigenvalue weighted by Gasteiger charge is 2.45. The van der Waals surface area contributed by atoms with Gasteiger partial charge in [0.15, 0.2) is 0 Å². The number of carbonyl (C=O) groups excluding carboxylic acids is 1. The molecule has 0 spiro atoms. The molecule has 1 amide bonds. The second kappa shape index (κ2) is 4.81. The Kier molecular flexibility index (Phi) is 3.14. The third kappa shape index (κ3) is 2.18. The SMILES string of the molecule is COc1cnc(C)cc1C(=O)N[C@@H]1C[C@H]2OCC[C@@H]12. The minimum atomic E-state index is -0.0855. The van der Waals surface area contributed by atoms with E-state index in [1.165, 1.54) is 0 Å². The lowest BCUT2D eigenvalue weighted by atomic mass is 9.76. The van der Waals surface area contributed by atoms with E-state index < -0.39 is 0 Å². The average Bonchev–Trinajstić information content (AvgIpc) is 2.77. The van der Waals surface area contributed by atoms with Crippen molar-refractivity contribution >= 4 is 5.91 Å². The Morgan fingerprint density at radius 2 is 2.42 bits per heavy atom. The molecule has 3 atom stereocenters. The van der Waals surface area contributed by atoms with Crippen molar-refractivity contribution in [2.75, 3.05) is 13.7 Å². The van der Waals surface area contributed by atoms with Gasteiger partial charge >= 0.3 is 0 Å². The normalized spacial score (nSPS) is 28.4. The molecule has 1 aliphatic carbocycles. The monoisotopic (exact) mass is 262 g/mol. The highest BCUT2D eigenvalue weighted by Crippen LogP contribution is 2.38. The summed E-state index contributed by atoms with van der Waals surface area (Å²) in [6.07, 6.45) is 3.91. The van der Waals surface area contributed by atoms with Gasteiger partial charge in [0.25, 0.3) is 5.91 Å². The Bertz CT molecular complexity index is 503. The van der Waals surface area contributed by atoms with Crippen molar-refractivity contribution in [1.29, 1.82) is 0 Å². The molecule has 1 N–H and O–H groups in total. The van der Waals surface area contributed by atoms with Crippen LogP contribution in [0.2, 0.25) is 0 Å². The first kappa shape index (κ1) is 12.4. The molecule has 1 saturated heterocycles. The maximum atomic E-state index is 12.3. The highest BCUT2D eigenvalue weighted by atomic mass is 16.5. The molecule has 1 aromatic rings. The number of ether oxygens (including phenoxy) is 2. The molecule has 102 valence electrons. The Labute approximate surface area is 112 Å². The first-order valence-electron chi connectivity index (χ1n) is 6.62. The smallest absolute Gasteiger partial charge is 0.255 e. The first-order chi connectivity index (χ1) is 9.19. The summed E-state index contributed by atoms with van der Waals surface area (Å²) in [6.45, 7) is 2.68. The quantitative estimate of drug-likeness (QED) is 0.892. The third-order valence-corrected chi connectivity index (χ3v) is 4.05. The van der Waals surface area contributed by atoms with Crippen LogP contribution < -0.4 is 10.1 Å². The topological polar surface area (TPSA) is 60.5 Å². The number of aryl methyl sites for hydroxylation is 1. The van der Waals surface area contributed by atoms with E-state index >= 15 is 0 Å². The van der Waals surface area contributed by atoms with Crippen LogP contribution in [0.15, 0.2) is 12.3 Å². The molecule has 0 radical (unpaired) electrons. The Morgan fingerprint density at radius 3 is 3.16 bits per heavy atom. The van der Waals surface area contributed by atoms with Gasteiger partial charge in [0.2, 0.25) is 0 Å². The minimum absolute atomic E-state index is 0.0855. The summed E-state index contributed by atoms with van der Waals surface area (Å²) in [5.74, 6) is 0.914. The molecule has 5 nitrogen and oxygen atoms in total. The van der Waals surface area contributed by atoms with Crippen LogP contribution in [0.25, 0.3) is 0 Å². The second-order valence-corrected chi connectivity index (χ2v) is 5.20. The summed E-state index contributed by atoms with van der Waals surface area (Å²) >= 11 is 0. The number of carbonyl (C=O) groups is 1. The number of rotatable bonds is 3. The fourth-order valence-electron chi connectivity index (χ4n) is 2.90. The molecule has 0 bridgehead atoms. The van der Waals surface area contributed by atoms with Crippen molar-refractivity contribution in [3.8, 4) is 5.75 Å². The van der Waals surface area contributed by atoms with Gasteiger partial charge in [-0.3, -0.25) is 9.78 Å². The van der Waals surface area contributed by atoms with Crippen molar-refractivity contribution in [3.05, 3.63) is 23.5 Å². The summed E-state index contributed by atoms with van der Waals surface area (Å²) in [4.78, 5) is 16.4. The van der Waals surface area contributed by atoms with E-state index in [-0.39, 0.29) is 11.9 Å². The van der Waals surface area contributed by atoms with Crippen LogP contribution in [0.1, 0.15) is 28.9 Å². The van der Waals surface area contributed by atoms with Crippen LogP contribution in [0.5, 0.6) is 5.75 Å². The Balaban J connectivity index is 1.72. The van der Waals surface area contributed by atoms with E-state index in [9.17, 15) is 4.79 Å². The maximum Gasteiger partial charge on any atom is 0.255 e. The number of nitrogens with one attached hydrogen (secondary N) is 1. The number of fused-ring (bicyclic) bond motifs is 1. The van der Waals surface area contributed by atoms with Crippen molar-refractivity contribution < 1.29 is 14.3 Å². The van der Waals surface area contributed by atoms with Gasteiger partial charge in [-0.2, -0.15) is 0 Å². The second-order valence-electron chi connectivity index (χ2n) is 5.20. The van der Waals surface area contributed by atoms with Gasteiger partial charge in [-0.15, -0.1) is 0 Å². The van der Waals surface area contributed by atoms with Crippen LogP contribution in [0.4, 0.5) is 0 Å². The van der Waals surface area contributed by atoms with E-state index in [1.54, 1.807) is 19.4 Å². The van der Waals surface area contributed by atoms with E-state index in [0.717, 1.165) is 25.1 Å². The zero-order valence-corrected chi connectivity index (χ0v) is 11.2. The molecule has 5 heteroatoms. The van der Waals surface area contributed by atoms with Crippen molar-refractivity contribution in [2.45, 2.75) is 31.9 Å². The Morgan fingerprint density at radius 1 is 1.58 bits per heavy atom. The Hall–Kier alpha value is -1.62. The van der Waals surface area contributed by atoms with Crippen LogP contribution >= 0.6 is 0 Å². The van der Waals surface area contributed by atoms with Crippen LogP contribution in [-0.2, 0) is 4.74 Å². The average molecular weight is 262 g/mol. The zero-order chi connectivity index (χ0) is 13.4. The first-order valence-corrected chi connectivity index (χ1v) is 6.62. The number of pyridine rings is 1. The number of hydrogen-bond donors (Lipinski definition) is 1.